The molecule has 1 amide bonds. The summed E-state index contributed by atoms with van der Waals surface area (Å²) in [5.41, 5.74) is 4.15. The van der Waals surface area contributed by atoms with Gasteiger partial charge in [0.1, 0.15) is 5.00 Å². The van der Waals surface area contributed by atoms with Crippen LogP contribution in [0.15, 0.2) is 89.9 Å². The molecule has 0 bridgehead atoms. The van der Waals surface area contributed by atoms with Crippen molar-refractivity contribution < 1.29 is 4.79 Å². The van der Waals surface area contributed by atoms with Gasteiger partial charge >= 0.3 is 0 Å². The zero-order valence-electron chi connectivity index (χ0n) is 19.5. The SMILES string of the molecule is O=C(NCc1ccccc1)c1c(/N=C\c2c3ccccc3cc3ccccc23)sc2c1CCCC2. The van der Waals surface area contributed by atoms with E-state index in [2.05, 4.69) is 59.9 Å². The summed E-state index contributed by atoms with van der Waals surface area (Å²) in [4.78, 5) is 19.7. The van der Waals surface area contributed by atoms with Gasteiger partial charge in [0.25, 0.3) is 5.91 Å². The molecule has 0 aliphatic heterocycles. The molecule has 1 aromatic heterocycles. The summed E-state index contributed by atoms with van der Waals surface area (Å²) in [5, 5.41) is 8.69. The fraction of sp³-hybridized carbons (Fsp3) is 0.161. The lowest BCUT2D eigenvalue weighted by molar-refractivity contribution is 0.0951. The number of nitrogens with zero attached hydrogens (tertiary/aromatic N) is 1. The van der Waals surface area contributed by atoms with Crippen LogP contribution >= 0.6 is 11.3 Å². The van der Waals surface area contributed by atoms with Crippen molar-refractivity contribution >= 4 is 50.0 Å². The van der Waals surface area contributed by atoms with Gasteiger partial charge in [0.05, 0.1) is 5.56 Å². The Kier molecular flexibility index (Phi) is 5.89. The molecule has 0 spiro atoms. The summed E-state index contributed by atoms with van der Waals surface area (Å²) < 4.78 is 0. The van der Waals surface area contributed by atoms with Gasteiger partial charge in [0.2, 0.25) is 0 Å². The quantitative estimate of drug-likeness (QED) is 0.207. The van der Waals surface area contributed by atoms with Crippen LogP contribution in [0, 0.1) is 0 Å². The number of nitrogens with one attached hydrogen (secondary N) is 1. The molecule has 6 rings (SSSR count). The van der Waals surface area contributed by atoms with Crippen LogP contribution in [0.25, 0.3) is 21.5 Å². The summed E-state index contributed by atoms with van der Waals surface area (Å²) in [7, 11) is 0. The number of fused-ring (bicyclic) bond motifs is 3. The standard InChI is InChI=1S/C31H26N2OS/c34-30(32-19-21-10-2-1-3-11-21)29-26-16-8-9-17-28(26)35-31(29)33-20-27-24-14-6-4-12-22(24)18-23-13-5-7-15-25(23)27/h1-7,10-15,18,20H,8-9,16-17,19H2,(H,32,34)/b33-20-. The van der Waals surface area contributed by atoms with Crippen molar-refractivity contribution in [3.8, 4) is 0 Å². The minimum atomic E-state index is -0.0248. The smallest absolute Gasteiger partial charge is 0.254 e. The molecule has 0 atom stereocenters. The molecule has 1 aliphatic rings. The van der Waals surface area contributed by atoms with E-state index in [1.54, 1.807) is 11.3 Å². The number of hydrogen-bond donors (Lipinski definition) is 1. The lowest BCUT2D eigenvalue weighted by Crippen LogP contribution is -2.24. The highest BCUT2D eigenvalue weighted by molar-refractivity contribution is 7.16. The van der Waals surface area contributed by atoms with E-state index in [1.807, 2.05) is 36.5 Å². The Labute approximate surface area is 209 Å². The van der Waals surface area contributed by atoms with Crippen molar-refractivity contribution in [3.05, 3.63) is 112 Å². The number of benzene rings is 4. The third-order valence-corrected chi connectivity index (χ3v) is 8.00. The van der Waals surface area contributed by atoms with E-state index in [4.69, 9.17) is 4.99 Å². The number of amides is 1. The molecule has 1 heterocycles. The minimum absolute atomic E-state index is 0.0248. The highest BCUT2D eigenvalue weighted by Gasteiger charge is 2.25. The van der Waals surface area contributed by atoms with E-state index in [9.17, 15) is 4.79 Å². The van der Waals surface area contributed by atoms with E-state index in [1.165, 1.54) is 38.4 Å². The van der Waals surface area contributed by atoms with Gasteiger partial charge < -0.3 is 5.32 Å². The van der Waals surface area contributed by atoms with Crippen molar-refractivity contribution in [2.45, 2.75) is 32.2 Å². The molecule has 4 heteroatoms. The Morgan fingerprint density at radius 1 is 0.857 bits per heavy atom. The molecular weight excluding hydrogens is 448 g/mol. The van der Waals surface area contributed by atoms with Crippen LogP contribution in [0.5, 0.6) is 0 Å². The molecule has 0 saturated carbocycles. The lowest BCUT2D eigenvalue weighted by Gasteiger charge is -2.13. The van der Waals surface area contributed by atoms with Gasteiger partial charge in [-0.15, -0.1) is 11.3 Å². The van der Waals surface area contributed by atoms with Crippen molar-refractivity contribution in [2.24, 2.45) is 4.99 Å². The summed E-state index contributed by atoms with van der Waals surface area (Å²) >= 11 is 1.68. The molecule has 0 saturated heterocycles. The van der Waals surface area contributed by atoms with E-state index < -0.39 is 0 Å². The predicted molar refractivity (Wildman–Crippen MR) is 147 cm³/mol. The van der Waals surface area contributed by atoms with Crippen LogP contribution in [-0.4, -0.2) is 12.1 Å². The van der Waals surface area contributed by atoms with Gasteiger partial charge in [0, 0.05) is 23.2 Å². The fourth-order valence-corrected chi connectivity index (χ4v) is 6.28. The highest BCUT2D eigenvalue weighted by Crippen LogP contribution is 2.40. The van der Waals surface area contributed by atoms with Crippen LogP contribution in [0.4, 0.5) is 5.00 Å². The summed E-state index contributed by atoms with van der Waals surface area (Å²) in [6, 6.07) is 29.2. The van der Waals surface area contributed by atoms with Crippen LogP contribution in [0.3, 0.4) is 0 Å². The third-order valence-electron chi connectivity index (χ3n) is 6.80. The molecule has 1 N–H and O–H groups in total. The second-order valence-electron chi connectivity index (χ2n) is 9.05. The molecule has 0 unspecified atom stereocenters. The van der Waals surface area contributed by atoms with Gasteiger partial charge in [0.15, 0.2) is 0 Å². The average molecular weight is 475 g/mol. The molecule has 3 nitrogen and oxygen atoms in total. The van der Waals surface area contributed by atoms with Gasteiger partial charge in [-0.05, 0) is 64.4 Å². The maximum absolute atomic E-state index is 13.4. The maximum Gasteiger partial charge on any atom is 0.254 e. The Hall–Kier alpha value is -3.76. The van der Waals surface area contributed by atoms with E-state index in [-0.39, 0.29) is 5.91 Å². The summed E-state index contributed by atoms with van der Waals surface area (Å²) in [6.07, 6.45) is 6.25. The first-order chi connectivity index (χ1) is 17.3. The largest absolute Gasteiger partial charge is 0.348 e. The van der Waals surface area contributed by atoms with E-state index in [0.717, 1.165) is 41.0 Å². The number of carbonyl (C=O) groups is 1. The first-order valence-electron chi connectivity index (χ1n) is 12.2. The monoisotopic (exact) mass is 474 g/mol. The average Bonchev–Trinajstić information content (AvgIpc) is 3.28. The number of hydrogen-bond acceptors (Lipinski definition) is 3. The van der Waals surface area contributed by atoms with Crippen molar-refractivity contribution in [3.63, 3.8) is 0 Å². The number of rotatable bonds is 5. The first-order valence-corrected chi connectivity index (χ1v) is 13.0. The second kappa shape index (κ2) is 9.47. The zero-order chi connectivity index (χ0) is 23.6. The first kappa shape index (κ1) is 21.8. The molecule has 4 aromatic carbocycles. The Morgan fingerprint density at radius 2 is 1.51 bits per heavy atom. The van der Waals surface area contributed by atoms with Crippen LogP contribution in [0.1, 0.15) is 44.8 Å². The Balaban J connectivity index is 1.42. The molecule has 0 fully saturated rings. The normalized spacial score (nSPS) is 13.4. The number of thiophene rings is 1. The van der Waals surface area contributed by atoms with Crippen molar-refractivity contribution in [1.29, 1.82) is 0 Å². The molecule has 1 aliphatic carbocycles. The van der Waals surface area contributed by atoms with Gasteiger partial charge in [-0.3, -0.25) is 4.79 Å². The topological polar surface area (TPSA) is 41.5 Å². The van der Waals surface area contributed by atoms with Crippen molar-refractivity contribution in [1.82, 2.24) is 5.32 Å². The lowest BCUT2D eigenvalue weighted by atomic mass is 9.95. The van der Waals surface area contributed by atoms with Crippen LogP contribution in [0.2, 0.25) is 0 Å². The van der Waals surface area contributed by atoms with E-state index >= 15 is 0 Å². The molecule has 5 aromatic rings. The highest BCUT2D eigenvalue weighted by atomic mass is 32.1. The summed E-state index contributed by atoms with van der Waals surface area (Å²) in [5.74, 6) is -0.0248. The van der Waals surface area contributed by atoms with Gasteiger partial charge in [-0.25, -0.2) is 4.99 Å². The van der Waals surface area contributed by atoms with Crippen LogP contribution in [-0.2, 0) is 19.4 Å². The molecule has 0 radical (unpaired) electrons. The van der Waals surface area contributed by atoms with E-state index in [0.29, 0.717) is 6.54 Å². The third kappa shape index (κ3) is 4.26. The maximum atomic E-state index is 13.4. The predicted octanol–water partition coefficient (Wildman–Crippen LogP) is 7.61. The Bertz CT molecular complexity index is 1510. The summed E-state index contributed by atoms with van der Waals surface area (Å²) in [6.45, 7) is 0.515. The zero-order valence-corrected chi connectivity index (χ0v) is 20.3. The number of aryl methyl sites for hydroxylation is 1. The minimum Gasteiger partial charge on any atom is -0.348 e. The molecule has 35 heavy (non-hydrogen) atoms. The van der Waals surface area contributed by atoms with Gasteiger partial charge in [-0.1, -0.05) is 78.9 Å². The number of aliphatic imine (C=N–C) groups is 1. The second-order valence-corrected chi connectivity index (χ2v) is 10.1. The molecular formula is C31H26N2OS. The Morgan fingerprint density at radius 3 is 2.26 bits per heavy atom. The van der Waals surface area contributed by atoms with Gasteiger partial charge in [-0.2, -0.15) is 0 Å². The molecule has 172 valence electrons. The van der Waals surface area contributed by atoms with Crippen LogP contribution < -0.4 is 5.32 Å². The van der Waals surface area contributed by atoms with Crippen molar-refractivity contribution in [2.75, 3.05) is 0 Å². The fourth-order valence-electron chi connectivity index (χ4n) is 5.05. The number of carbonyl (C=O) groups excluding carboxylic acids is 1.